The molecule has 0 atom stereocenters. The van der Waals surface area contributed by atoms with Crippen molar-refractivity contribution in [1.82, 2.24) is 19.5 Å². The summed E-state index contributed by atoms with van der Waals surface area (Å²) in [7, 11) is 0. The molecule has 7 aromatic rings. The molecule has 4 aromatic carbocycles. The maximum Gasteiger partial charge on any atom is 2.00 e. The van der Waals surface area contributed by atoms with E-state index in [9.17, 15) is 20.4 Å². The van der Waals surface area contributed by atoms with Gasteiger partial charge in [0.2, 0.25) is 0 Å². The zero-order valence-electron chi connectivity index (χ0n) is 28.7. The van der Waals surface area contributed by atoms with Crippen molar-refractivity contribution in [3.8, 4) is 62.1 Å². The van der Waals surface area contributed by atoms with Gasteiger partial charge < -0.3 is 54.8 Å². The minimum atomic E-state index is -0.0115. The van der Waals surface area contributed by atoms with Gasteiger partial charge in [-0.1, -0.05) is 66.7 Å². The van der Waals surface area contributed by atoms with Gasteiger partial charge in [-0.05, 0) is 85.0 Å². The second kappa shape index (κ2) is 15.6. The number of benzene rings is 4. The molecule has 55 heavy (non-hydrogen) atoms. The van der Waals surface area contributed by atoms with Crippen molar-refractivity contribution in [2.24, 2.45) is 0 Å². The van der Waals surface area contributed by atoms with Crippen LogP contribution in [0.5, 0.6) is 23.0 Å². The third kappa shape index (κ3) is 6.86. The van der Waals surface area contributed by atoms with Crippen LogP contribution < -0.4 is 24.8 Å². The fourth-order valence-corrected chi connectivity index (χ4v) is 7.05. The molecule has 9 rings (SSSR count). The molecule has 0 aliphatic carbocycles. The largest absolute Gasteiger partial charge is 2.00 e. The summed E-state index contributed by atoms with van der Waals surface area (Å²) in [5, 5.41) is 46.5. The Balaban J connectivity index is 0.00000171. The molecule has 3 aromatic heterocycles. The van der Waals surface area contributed by atoms with Gasteiger partial charge in [0.1, 0.15) is 23.0 Å². The number of aromatic hydroxyl groups is 4. The molecule has 2 aliphatic rings. The van der Waals surface area contributed by atoms with Gasteiger partial charge in [-0.15, -0.1) is 0 Å². The Hall–Kier alpha value is -6.22. The molecular formula is C44H30Cl2FeN4O4. The van der Waals surface area contributed by atoms with E-state index in [0.717, 1.165) is 16.7 Å². The van der Waals surface area contributed by atoms with Gasteiger partial charge in [-0.25, -0.2) is 9.97 Å². The van der Waals surface area contributed by atoms with Crippen LogP contribution in [0.2, 0.25) is 0 Å². The molecule has 0 amide bonds. The van der Waals surface area contributed by atoms with Crippen LogP contribution in [0.4, 0.5) is 0 Å². The summed E-state index contributed by atoms with van der Waals surface area (Å²) >= 11 is 0. The number of phenols is 4. The maximum atomic E-state index is 11.7. The molecule has 272 valence electrons. The van der Waals surface area contributed by atoms with E-state index in [4.69, 9.17) is 9.97 Å². The van der Waals surface area contributed by atoms with E-state index in [1.165, 1.54) is 0 Å². The predicted octanol–water partition coefficient (Wildman–Crippen LogP) is 3.95. The van der Waals surface area contributed by atoms with Gasteiger partial charge in [0.05, 0.1) is 39.5 Å². The number of H-pyrrole nitrogens is 1. The third-order valence-electron chi connectivity index (χ3n) is 9.31. The number of hydrogen-bond acceptors (Lipinski definition) is 6. The monoisotopic (exact) mass is 804 g/mol. The van der Waals surface area contributed by atoms with E-state index in [2.05, 4.69) is 4.98 Å². The van der Waals surface area contributed by atoms with Crippen LogP contribution in [-0.4, -0.2) is 39.9 Å². The first kappa shape index (κ1) is 38.5. The summed E-state index contributed by atoms with van der Waals surface area (Å²) in [5.74, 6) is 0.0109. The Bertz CT molecular complexity index is 2830. The number of hydrogen-bond donors (Lipinski definition) is 5. The molecular weight excluding hydrogens is 775 g/mol. The number of phenolic OH excluding ortho intramolecular Hbond substituents is 4. The average Bonchev–Trinajstić information content (AvgIpc) is 3.95. The molecule has 8 nitrogen and oxygen atoms in total. The number of nitrogens with zero attached hydrogens (tertiary/aromatic N) is 3. The van der Waals surface area contributed by atoms with Gasteiger partial charge in [-0.2, -0.15) is 0 Å². The van der Waals surface area contributed by atoms with Crippen molar-refractivity contribution < 1.29 is 62.3 Å². The van der Waals surface area contributed by atoms with E-state index in [1.54, 1.807) is 54.6 Å². The number of halogens is 2. The number of aromatic nitrogens is 4. The minimum absolute atomic E-state index is 0. The molecule has 0 saturated heterocycles. The second-order valence-electron chi connectivity index (χ2n) is 12.6. The molecule has 5 N–H and O–H groups in total. The number of para-hydroxylation sites is 5. The normalized spacial score (nSPS) is 11.3. The number of nitrogens with one attached hydrogen (secondary N) is 1. The predicted molar refractivity (Wildman–Crippen MR) is 207 cm³/mol. The quantitative estimate of drug-likeness (QED) is 0.172. The first-order valence-electron chi connectivity index (χ1n) is 16.7. The number of aromatic amines is 1. The van der Waals surface area contributed by atoms with Gasteiger partial charge in [0, 0.05) is 44.4 Å². The average molecular weight is 805 g/mol. The number of fused-ring (bicyclic) bond motifs is 8. The third-order valence-corrected chi connectivity index (χ3v) is 9.31. The zero-order valence-corrected chi connectivity index (χ0v) is 31.3. The standard InChI is InChI=1S/C44H30N4O4.2ClH.Fe/c49-37-13-5-1-9-31(37)41-34-22-21-29(47-34)24-28-18-17-26(45-28)23-27-19-20-30(46-27)25-36-42(32-10-2-6-14-38(32)50)43(33-11-3-7-15-39(33)51)44(41)48(36)35-12-4-8-16-40(35)52;;;/h1-25,45,49-52H;2*1H;/q;;;+2/p-2. The van der Waals surface area contributed by atoms with Crippen molar-refractivity contribution in [3.63, 3.8) is 0 Å². The second-order valence-corrected chi connectivity index (χ2v) is 12.6. The molecule has 0 fully saturated rings. The molecule has 2 aliphatic heterocycles. The summed E-state index contributed by atoms with van der Waals surface area (Å²) < 4.78 is 1.90. The molecule has 0 spiro atoms. The Morgan fingerprint density at radius 2 is 0.909 bits per heavy atom. The van der Waals surface area contributed by atoms with Crippen LogP contribution in [-0.2, 0) is 17.1 Å². The molecule has 0 saturated carbocycles. The Morgan fingerprint density at radius 1 is 0.455 bits per heavy atom. The van der Waals surface area contributed by atoms with E-state index in [1.807, 2.05) is 102 Å². The SMILES string of the molecule is Oc1ccccc1-c1c(-c2ccccc2O)c2c(-c3ccccc3O)c3nc(cc4ccc(cc5nc(cc1n2-c1ccccc1O)C=C5)[nH]4)C=C3.[Cl-].[Cl-].[Fe+2]. The fourth-order valence-electron chi connectivity index (χ4n) is 7.05. The van der Waals surface area contributed by atoms with Crippen molar-refractivity contribution in [1.29, 1.82) is 0 Å². The Labute approximate surface area is 338 Å². The van der Waals surface area contributed by atoms with Crippen molar-refractivity contribution in [3.05, 3.63) is 150 Å². The van der Waals surface area contributed by atoms with Crippen LogP contribution >= 0.6 is 0 Å². The van der Waals surface area contributed by atoms with Crippen molar-refractivity contribution in [2.75, 3.05) is 0 Å². The Kier molecular flexibility index (Phi) is 10.9. The molecule has 0 unspecified atom stereocenters. The molecule has 11 heteroatoms. The molecule has 5 heterocycles. The molecule has 0 radical (unpaired) electrons. The summed E-state index contributed by atoms with van der Waals surface area (Å²) in [6.45, 7) is 0. The fraction of sp³-hybridized carbons (Fsp3) is 0. The maximum absolute atomic E-state index is 11.7. The van der Waals surface area contributed by atoms with Gasteiger partial charge in [0.25, 0.3) is 0 Å². The summed E-state index contributed by atoms with van der Waals surface area (Å²) in [6.07, 6.45) is 7.64. The first-order chi connectivity index (χ1) is 25.4. The van der Waals surface area contributed by atoms with E-state index in [0.29, 0.717) is 67.2 Å². The van der Waals surface area contributed by atoms with E-state index in [-0.39, 0.29) is 64.9 Å². The first-order valence-corrected chi connectivity index (χ1v) is 16.7. The van der Waals surface area contributed by atoms with Crippen LogP contribution in [0.25, 0.3) is 85.4 Å². The summed E-state index contributed by atoms with van der Waals surface area (Å²) in [4.78, 5) is 13.5. The van der Waals surface area contributed by atoms with Crippen molar-refractivity contribution in [2.45, 2.75) is 0 Å². The molecule has 8 bridgehead atoms. The van der Waals surface area contributed by atoms with E-state index < -0.39 is 0 Å². The topological polar surface area (TPSA) is 127 Å². The van der Waals surface area contributed by atoms with Gasteiger partial charge in [0.15, 0.2) is 0 Å². The van der Waals surface area contributed by atoms with Crippen LogP contribution in [0.3, 0.4) is 0 Å². The van der Waals surface area contributed by atoms with Crippen molar-refractivity contribution >= 4 is 46.4 Å². The van der Waals surface area contributed by atoms with E-state index >= 15 is 0 Å². The smallest absolute Gasteiger partial charge is 1.00 e. The zero-order chi connectivity index (χ0) is 35.3. The van der Waals surface area contributed by atoms with Gasteiger partial charge >= 0.3 is 17.1 Å². The Morgan fingerprint density at radius 3 is 1.47 bits per heavy atom. The summed E-state index contributed by atoms with van der Waals surface area (Å²) in [6, 6.07) is 37.8. The van der Waals surface area contributed by atoms with Crippen LogP contribution in [0, 0.1) is 0 Å². The minimum Gasteiger partial charge on any atom is -1.00 e. The van der Waals surface area contributed by atoms with Crippen LogP contribution in [0.1, 0.15) is 22.8 Å². The summed E-state index contributed by atoms with van der Waals surface area (Å²) in [5.41, 5.74) is 8.82. The van der Waals surface area contributed by atoms with Gasteiger partial charge in [-0.3, -0.25) is 0 Å². The number of rotatable bonds is 4. The van der Waals surface area contributed by atoms with Crippen LogP contribution in [0.15, 0.2) is 127 Å².